The van der Waals surface area contributed by atoms with E-state index in [2.05, 4.69) is 62.9 Å². The van der Waals surface area contributed by atoms with E-state index in [-0.39, 0.29) is 16.5 Å². The highest BCUT2D eigenvalue weighted by Crippen LogP contribution is 2.52. The Balaban J connectivity index is 1.48. The molecule has 5 aromatic rings. The Morgan fingerprint density at radius 2 is 1.49 bits per heavy atom. The molecule has 2 aliphatic rings. The van der Waals surface area contributed by atoms with Crippen molar-refractivity contribution in [1.29, 1.82) is 0 Å². The summed E-state index contributed by atoms with van der Waals surface area (Å²) >= 11 is 1.55. The van der Waals surface area contributed by atoms with Crippen molar-refractivity contribution in [1.82, 2.24) is 4.98 Å². The van der Waals surface area contributed by atoms with Crippen LogP contribution in [0.25, 0.3) is 43.2 Å². The summed E-state index contributed by atoms with van der Waals surface area (Å²) < 4.78 is 6.27. The molecule has 0 saturated heterocycles. The second-order valence-corrected chi connectivity index (χ2v) is 13.2. The molecule has 3 aromatic carbocycles. The number of benzene rings is 3. The van der Waals surface area contributed by atoms with Gasteiger partial charge < -0.3 is 9.32 Å². The van der Waals surface area contributed by atoms with Gasteiger partial charge in [-0.3, -0.25) is 0 Å². The number of anilines is 1. The van der Waals surface area contributed by atoms with Gasteiger partial charge in [-0.15, -0.1) is 11.3 Å². The number of fused-ring (bicyclic) bond motifs is 2. The lowest BCUT2D eigenvalue weighted by molar-refractivity contribution is 0.398. The predicted octanol–water partition coefficient (Wildman–Crippen LogP) is 8.42. The van der Waals surface area contributed by atoms with E-state index in [1.165, 1.54) is 16.8 Å². The Labute approximate surface area is 233 Å². The molecule has 39 heavy (non-hydrogen) atoms. The van der Waals surface area contributed by atoms with Crippen molar-refractivity contribution in [2.24, 2.45) is 0 Å². The van der Waals surface area contributed by atoms with Crippen LogP contribution in [0.2, 0.25) is 0 Å². The number of nitrogens with zero attached hydrogens (tertiary/aromatic N) is 2. The van der Waals surface area contributed by atoms with E-state index < -0.39 is 0 Å². The van der Waals surface area contributed by atoms with Gasteiger partial charge >= 0.3 is 5.63 Å². The fourth-order valence-corrected chi connectivity index (χ4v) is 7.41. The molecule has 0 unspecified atom stereocenters. The SMILES string of the molecule is CC1(C)CCN2CCC(C)(C)c3c2c1cc1cc(-c2nc(-c4ccccc4)c(-c4ccccc4)s2)c(=O)oc31. The summed E-state index contributed by atoms with van der Waals surface area (Å²) in [6.07, 6.45) is 2.15. The molecule has 7 rings (SSSR count). The maximum absolute atomic E-state index is 13.7. The molecule has 2 aliphatic heterocycles. The van der Waals surface area contributed by atoms with Crippen LogP contribution in [0.5, 0.6) is 0 Å². The fraction of sp³-hybridized carbons (Fsp3) is 0.294. The molecule has 0 radical (unpaired) electrons. The Morgan fingerprint density at radius 1 is 0.846 bits per heavy atom. The molecule has 0 atom stereocenters. The topological polar surface area (TPSA) is 46.3 Å². The number of hydrogen-bond acceptors (Lipinski definition) is 5. The van der Waals surface area contributed by atoms with Gasteiger partial charge in [0.05, 0.1) is 16.1 Å². The normalized spacial score (nSPS) is 17.3. The van der Waals surface area contributed by atoms with Crippen LogP contribution >= 0.6 is 11.3 Å². The van der Waals surface area contributed by atoms with Crippen LogP contribution in [-0.2, 0) is 10.8 Å². The molecular weight excluding hydrogens is 500 g/mol. The van der Waals surface area contributed by atoms with Gasteiger partial charge in [0.15, 0.2) is 0 Å². The van der Waals surface area contributed by atoms with Gasteiger partial charge in [0.1, 0.15) is 10.6 Å². The molecule has 196 valence electrons. The number of thiazole rings is 1. The highest BCUT2D eigenvalue weighted by Gasteiger charge is 2.42. The first kappa shape index (κ1) is 24.3. The molecule has 0 fully saturated rings. The van der Waals surface area contributed by atoms with E-state index in [1.54, 1.807) is 11.3 Å². The molecule has 2 aromatic heterocycles. The number of hydrogen-bond donors (Lipinski definition) is 0. The summed E-state index contributed by atoms with van der Waals surface area (Å²) in [5, 5.41) is 1.68. The van der Waals surface area contributed by atoms with Crippen LogP contribution in [0.15, 0.2) is 82.0 Å². The molecule has 0 bridgehead atoms. The van der Waals surface area contributed by atoms with E-state index in [0.29, 0.717) is 10.6 Å². The molecule has 0 saturated carbocycles. The molecule has 4 nitrogen and oxygen atoms in total. The molecule has 4 heterocycles. The van der Waals surface area contributed by atoms with Crippen molar-refractivity contribution in [3.8, 4) is 32.3 Å². The van der Waals surface area contributed by atoms with Crippen molar-refractivity contribution in [2.75, 3.05) is 18.0 Å². The van der Waals surface area contributed by atoms with E-state index in [1.807, 2.05) is 42.5 Å². The Morgan fingerprint density at radius 3 is 2.18 bits per heavy atom. The summed E-state index contributed by atoms with van der Waals surface area (Å²) in [6.45, 7) is 11.3. The Kier molecular flexibility index (Phi) is 5.40. The van der Waals surface area contributed by atoms with Crippen LogP contribution in [0.3, 0.4) is 0 Å². The van der Waals surface area contributed by atoms with Crippen molar-refractivity contribution in [2.45, 2.75) is 51.4 Å². The number of aromatic nitrogens is 1. The zero-order valence-corrected chi connectivity index (χ0v) is 23.7. The van der Waals surface area contributed by atoms with Crippen LogP contribution in [-0.4, -0.2) is 18.1 Å². The average molecular weight is 533 g/mol. The average Bonchev–Trinajstić information content (AvgIpc) is 3.37. The summed E-state index contributed by atoms with van der Waals surface area (Å²) in [5.41, 5.74) is 7.76. The third-order valence-electron chi connectivity index (χ3n) is 8.67. The second kappa shape index (κ2) is 8.65. The van der Waals surface area contributed by atoms with Crippen LogP contribution < -0.4 is 10.5 Å². The van der Waals surface area contributed by atoms with Gasteiger partial charge in [-0.25, -0.2) is 9.78 Å². The maximum atomic E-state index is 13.7. The molecule has 0 aliphatic carbocycles. The van der Waals surface area contributed by atoms with E-state index in [0.717, 1.165) is 58.6 Å². The summed E-state index contributed by atoms with van der Waals surface area (Å²) in [7, 11) is 0. The Bertz CT molecular complexity index is 1720. The van der Waals surface area contributed by atoms with Crippen molar-refractivity contribution >= 4 is 28.0 Å². The highest BCUT2D eigenvalue weighted by atomic mass is 32.1. The Hall–Kier alpha value is -3.70. The van der Waals surface area contributed by atoms with Gasteiger partial charge in [-0.05, 0) is 46.9 Å². The molecule has 0 spiro atoms. The smallest absolute Gasteiger partial charge is 0.346 e. The number of rotatable bonds is 3. The minimum absolute atomic E-state index is 0.0562. The first-order valence-corrected chi connectivity index (χ1v) is 14.6. The third kappa shape index (κ3) is 3.86. The molecule has 0 N–H and O–H groups in total. The summed E-state index contributed by atoms with van der Waals surface area (Å²) in [5.74, 6) is 0. The lowest BCUT2D eigenvalue weighted by atomic mass is 9.69. The van der Waals surface area contributed by atoms with Crippen LogP contribution in [0.4, 0.5) is 5.69 Å². The van der Waals surface area contributed by atoms with Crippen molar-refractivity contribution < 1.29 is 4.42 Å². The molecule has 0 amide bonds. The summed E-state index contributed by atoms with van der Waals surface area (Å²) in [6, 6.07) is 24.8. The highest BCUT2D eigenvalue weighted by molar-refractivity contribution is 7.19. The largest absolute Gasteiger partial charge is 0.422 e. The second-order valence-electron chi connectivity index (χ2n) is 12.2. The monoisotopic (exact) mass is 532 g/mol. The first-order valence-electron chi connectivity index (χ1n) is 13.8. The minimum Gasteiger partial charge on any atom is -0.422 e. The third-order valence-corrected chi connectivity index (χ3v) is 9.81. The van der Waals surface area contributed by atoms with E-state index >= 15 is 0 Å². The maximum Gasteiger partial charge on any atom is 0.346 e. The van der Waals surface area contributed by atoms with Gasteiger partial charge in [0.2, 0.25) is 0 Å². The zero-order chi connectivity index (χ0) is 26.9. The van der Waals surface area contributed by atoms with E-state index in [9.17, 15) is 4.79 Å². The summed E-state index contributed by atoms with van der Waals surface area (Å²) in [4.78, 5) is 22.3. The molecular formula is C34H32N2O2S. The van der Waals surface area contributed by atoms with Gasteiger partial charge in [0, 0.05) is 35.3 Å². The lowest BCUT2D eigenvalue weighted by Crippen LogP contribution is -2.44. The van der Waals surface area contributed by atoms with Gasteiger partial charge in [0.25, 0.3) is 0 Å². The van der Waals surface area contributed by atoms with E-state index in [4.69, 9.17) is 9.40 Å². The first-order chi connectivity index (χ1) is 18.7. The van der Waals surface area contributed by atoms with Crippen LogP contribution in [0.1, 0.15) is 51.7 Å². The minimum atomic E-state index is -0.324. The van der Waals surface area contributed by atoms with Crippen molar-refractivity contribution in [3.63, 3.8) is 0 Å². The van der Waals surface area contributed by atoms with Crippen molar-refractivity contribution in [3.05, 3.63) is 94.3 Å². The zero-order valence-electron chi connectivity index (χ0n) is 22.9. The van der Waals surface area contributed by atoms with Gasteiger partial charge in [-0.1, -0.05) is 88.4 Å². The van der Waals surface area contributed by atoms with Crippen LogP contribution in [0, 0.1) is 0 Å². The van der Waals surface area contributed by atoms with Gasteiger partial charge in [-0.2, -0.15) is 0 Å². The standard InChI is InChI=1S/C34H32N2O2S/c1-33(2)15-17-36-18-16-34(3,4)26-28(36)25(33)20-23-19-24(32(37)38-29(23)26)31-35-27(21-11-7-5-8-12-21)30(39-31)22-13-9-6-10-14-22/h5-14,19-20H,15-18H2,1-4H3. The fourth-order valence-electron chi connectivity index (χ4n) is 6.31. The quantitative estimate of drug-likeness (QED) is 0.219. The predicted molar refractivity (Wildman–Crippen MR) is 162 cm³/mol. The molecule has 5 heteroatoms. The lowest BCUT2D eigenvalue weighted by Gasteiger charge is -2.48.